The Morgan fingerprint density at radius 3 is 2.44 bits per heavy atom. The lowest BCUT2D eigenvalue weighted by molar-refractivity contribution is -0.157. The van der Waals surface area contributed by atoms with Crippen LogP contribution in [0.3, 0.4) is 0 Å². The normalized spacial score (nSPS) is 17.5. The number of amides is 2. The molecule has 0 bridgehead atoms. The number of carbonyl (C=O) groups is 2. The van der Waals surface area contributed by atoms with Gasteiger partial charge in [-0.05, 0) is 26.7 Å². The van der Waals surface area contributed by atoms with Gasteiger partial charge < -0.3 is 14.9 Å². The first kappa shape index (κ1) is 13.0. The Balaban J connectivity index is 2.48. The zero-order valence-electron chi connectivity index (χ0n) is 9.98. The Labute approximate surface area is 96.0 Å². The Bertz CT molecular complexity index is 266. The molecule has 0 atom stereocenters. The number of hydrogen-bond acceptors (Lipinski definition) is 3. The zero-order chi connectivity index (χ0) is 12.1. The van der Waals surface area contributed by atoms with Gasteiger partial charge in [0.1, 0.15) is 0 Å². The molecule has 5 nitrogen and oxygen atoms in total. The minimum atomic E-state index is -0.405. The zero-order valence-corrected chi connectivity index (χ0v) is 9.98. The molecule has 0 aliphatic carbocycles. The maximum atomic E-state index is 11.7. The molecule has 0 radical (unpaired) electrons. The number of hydrogen-bond donors (Lipinski definition) is 1. The van der Waals surface area contributed by atoms with Crippen molar-refractivity contribution in [1.29, 1.82) is 0 Å². The van der Waals surface area contributed by atoms with E-state index in [1.165, 1.54) is 0 Å². The second-order valence-corrected chi connectivity index (χ2v) is 4.32. The number of aliphatic hydroxyl groups excluding tert-OH is 1. The van der Waals surface area contributed by atoms with E-state index in [9.17, 15) is 9.59 Å². The summed E-state index contributed by atoms with van der Waals surface area (Å²) in [5, 5.41) is 8.65. The molecule has 5 heteroatoms. The Kier molecular flexibility index (Phi) is 4.73. The summed E-state index contributed by atoms with van der Waals surface area (Å²) in [6.07, 6.45) is 1.42. The van der Waals surface area contributed by atoms with E-state index in [0.29, 0.717) is 26.1 Å². The summed E-state index contributed by atoms with van der Waals surface area (Å²) >= 11 is 0. The van der Waals surface area contributed by atoms with Crippen LogP contribution in [-0.4, -0.2) is 59.0 Å². The van der Waals surface area contributed by atoms with Crippen LogP contribution in [0, 0.1) is 0 Å². The smallest absolute Gasteiger partial charge is 0.312 e. The van der Waals surface area contributed by atoms with E-state index >= 15 is 0 Å². The molecule has 92 valence electrons. The first-order valence-electron chi connectivity index (χ1n) is 5.78. The first-order valence-corrected chi connectivity index (χ1v) is 5.78. The van der Waals surface area contributed by atoms with Crippen molar-refractivity contribution in [2.45, 2.75) is 32.7 Å². The number of piperazine rings is 1. The third kappa shape index (κ3) is 2.95. The lowest BCUT2D eigenvalue weighted by Gasteiger charge is -2.36. The fraction of sp³-hybridized carbons (Fsp3) is 0.818. The molecule has 16 heavy (non-hydrogen) atoms. The maximum Gasteiger partial charge on any atom is 0.312 e. The number of rotatable bonds is 5. The molecule has 0 unspecified atom stereocenters. The number of nitrogens with zero attached hydrogens (tertiary/aromatic N) is 2. The van der Waals surface area contributed by atoms with Gasteiger partial charge in [0.2, 0.25) is 0 Å². The van der Waals surface area contributed by atoms with Gasteiger partial charge in [-0.25, -0.2) is 0 Å². The third-order valence-electron chi connectivity index (χ3n) is 2.80. The van der Waals surface area contributed by atoms with Gasteiger partial charge in [0, 0.05) is 32.3 Å². The molecule has 0 saturated carbocycles. The highest BCUT2D eigenvalue weighted by Crippen LogP contribution is 2.09. The summed E-state index contributed by atoms with van der Waals surface area (Å²) in [6, 6.07) is 0.0797. The van der Waals surface area contributed by atoms with E-state index in [2.05, 4.69) is 0 Å². The van der Waals surface area contributed by atoms with Crippen molar-refractivity contribution in [3.05, 3.63) is 0 Å². The number of carbonyl (C=O) groups excluding carboxylic acids is 2. The number of aliphatic hydroxyl groups is 1. The largest absolute Gasteiger partial charge is 0.396 e. The lowest BCUT2D eigenvalue weighted by atomic mass is 10.2. The van der Waals surface area contributed by atoms with Gasteiger partial charge in [-0.2, -0.15) is 0 Å². The van der Waals surface area contributed by atoms with E-state index in [1.54, 1.807) is 9.80 Å². The van der Waals surface area contributed by atoms with Gasteiger partial charge in [0.05, 0.1) is 0 Å². The van der Waals surface area contributed by atoms with E-state index in [0.717, 1.165) is 6.42 Å². The molecule has 1 aliphatic rings. The summed E-state index contributed by atoms with van der Waals surface area (Å²) in [5.74, 6) is -0.803. The summed E-state index contributed by atoms with van der Waals surface area (Å²) in [4.78, 5) is 26.6. The highest BCUT2D eigenvalue weighted by molar-refractivity contribution is 6.35. The van der Waals surface area contributed by atoms with Crippen LogP contribution in [0.2, 0.25) is 0 Å². The Morgan fingerprint density at radius 1 is 1.19 bits per heavy atom. The summed E-state index contributed by atoms with van der Waals surface area (Å²) < 4.78 is 0. The fourth-order valence-corrected chi connectivity index (χ4v) is 1.81. The molecule has 0 spiro atoms. The van der Waals surface area contributed by atoms with Crippen LogP contribution in [0.5, 0.6) is 0 Å². The van der Waals surface area contributed by atoms with Crippen LogP contribution < -0.4 is 0 Å². The van der Waals surface area contributed by atoms with Crippen LogP contribution >= 0.6 is 0 Å². The molecular formula is C11H20N2O3. The minimum Gasteiger partial charge on any atom is -0.396 e. The molecule has 0 aromatic rings. The number of unbranched alkanes of at least 4 members (excludes halogenated alkanes) is 1. The van der Waals surface area contributed by atoms with Gasteiger partial charge in [-0.15, -0.1) is 0 Å². The van der Waals surface area contributed by atoms with Crippen molar-refractivity contribution >= 4 is 11.8 Å². The highest BCUT2D eigenvalue weighted by Gasteiger charge is 2.33. The molecule has 0 aromatic heterocycles. The van der Waals surface area contributed by atoms with E-state index in [1.807, 2.05) is 13.8 Å². The molecular weight excluding hydrogens is 208 g/mol. The van der Waals surface area contributed by atoms with Crippen LogP contribution in [0.1, 0.15) is 26.7 Å². The van der Waals surface area contributed by atoms with Crippen LogP contribution in [0.25, 0.3) is 0 Å². The van der Waals surface area contributed by atoms with E-state index in [4.69, 9.17) is 5.11 Å². The molecule has 1 N–H and O–H groups in total. The second kappa shape index (κ2) is 5.84. The Hall–Kier alpha value is -1.10. The highest BCUT2D eigenvalue weighted by atomic mass is 16.3. The molecule has 1 fully saturated rings. The van der Waals surface area contributed by atoms with Crippen LogP contribution in [0.15, 0.2) is 0 Å². The SMILES string of the molecule is CC(C)N1CCN(CCCCO)C(=O)C1=O. The van der Waals surface area contributed by atoms with Crippen molar-refractivity contribution < 1.29 is 14.7 Å². The summed E-state index contributed by atoms with van der Waals surface area (Å²) in [5.41, 5.74) is 0. The predicted octanol–water partition coefficient (Wildman–Crippen LogP) is -0.162. The monoisotopic (exact) mass is 228 g/mol. The summed E-state index contributed by atoms with van der Waals surface area (Å²) in [7, 11) is 0. The molecule has 1 saturated heterocycles. The average molecular weight is 228 g/mol. The first-order chi connectivity index (χ1) is 7.57. The van der Waals surface area contributed by atoms with Gasteiger partial charge >= 0.3 is 11.8 Å². The Morgan fingerprint density at radius 2 is 1.88 bits per heavy atom. The van der Waals surface area contributed by atoms with Crippen LogP contribution in [-0.2, 0) is 9.59 Å². The summed E-state index contributed by atoms with van der Waals surface area (Å²) in [6.45, 7) is 5.74. The molecule has 1 heterocycles. The van der Waals surface area contributed by atoms with Gasteiger partial charge in [0.25, 0.3) is 0 Å². The van der Waals surface area contributed by atoms with Crippen molar-refractivity contribution in [2.75, 3.05) is 26.2 Å². The molecule has 2 amide bonds. The van der Waals surface area contributed by atoms with Crippen LogP contribution in [0.4, 0.5) is 0 Å². The fourth-order valence-electron chi connectivity index (χ4n) is 1.81. The van der Waals surface area contributed by atoms with Crippen molar-refractivity contribution in [1.82, 2.24) is 9.80 Å². The quantitative estimate of drug-likeness (QED) is 0.525. The van der Waals surface area contributed by atoms with Gasteiger partial charge in [0.15, 0.2) is 0 Å². The average Bonchev–Trinajstić information content (AvgIpc) is 2.24. The molecule has 1 rings (SSSR count). The van der Waals surface area contributed by atoms with Crippen molar-refractivity contribution in [3.8, 4) is 0 Å². The van der Waals surface area contributed by atoms with Gasteiger partial charge in [-0.3, -0.25) is 9.59 Å². The topological polar surface area (TPSA) is 60.9 Å². The van der Waals surface area contributed by atoms with Crippen molar-refractivity contribution in [3.63, 3.8) is 0 Å². The van der Waals surface area contributed by atoms with E-state index < -0.39 is 11.8 Å². The van der Waals surface area contributed by atoms with E-state index in [-0.39, 0.29) is 12.6 Å². The van der Waals surface area contributed by atoms with Gasteiger partial charge in [-0.1, -0.05) is 0 Å². The second-order valence-electron chi connectivity index (χ2n) is 4.32. The lowest BCUT2D eigenvalue weighted by Crippen LogP contribution is -2.56. The maximum absolute atomic E-state index is 11.7. The molecule has 0 aromatic carbocycles. The standard InChI is InChI=1S/C11H20N2O3/c1-9(2)13-7-6-12(5-3-4-8-14)10(15)11(13)16/h9,14H,3-8H2,1-2H3. The molecule has 1 aliphatic heterocycles. The minimum absolute atomic E-state index is 0.0797. The third-order valence-corrected chi connectivity index (χ3v) is 2.80. The predicted molar refractivity (Wildman–Crippen MR) is 59.7 cm³/mol. The van der Waals surface area contributed by atoms with Crippen molar-refractivity contribution in [2.24, 2.45) is 0 Å².